The van der Waals surface area contributed by atoms with Gasteiger partial charge in [0.2, 0.25) is 5.91 Å². The lowest BCUT2D eigenvalue weighted by molar-refractivity contribution is -0.274. The highest BCUT2D eigenvalue weighted by atomic mass is 19.4. The standard InChI is InChI=1S/C17H18F3N3O2/c18-17(19,20)25-15-5-1-3-13(9-15)10-22-8-6-16(24)23-12-14-4-2-7-21-11-14/h1-5,7,9,11,22H,6,8,10,12H2,(H,23,24). The monoisotopic (exact) mass is 353 g/mol. The number of halogens is 3. The second kappa shape index (κ2) is 9.03. The number of hydrogen-bond acceptors (Lipinski definition) is 4. The van der Waals surface area contributed by atoms with Crippen LogP contribution in [0.25, 0.3) is 0 Å². The van der Waals surface area contributed by atoms with Crippen molar-refractivity contribution in [2.24, 2.45) is 0 Å². The van der Waals surface area contributed by atoms with E-state index in [9.17, 15) is 18.0 Å². The fourth-order valence-electron chi connectivity index (χ4n) is 2.08. The minimum atomic E-state index is -4.71. The molecule has 0 fully saturated rings. The van der Waals surface area contributed by atoms with Gasteiger partial charge in [-0.25, -0.2) is 0 Å². The number of aromatic nitrogens is 1. The number of nitrogens with one attached hydrogen (secondary N) is 2. The van der Waals surface area contributed by atoms with Crippen molar-refractivity contribution in [3.63, 3.8) is 0 Å². The summed E-state index contributed by atoms with van der Waals surface area (Å²) in [6, 6.07) is 9.37. The Bertz CT molecular complexity index is 678. The Hall–Kier alpha value is -2.61. The van der Waals surface area contributed by atoms with E-state index in [1.807, 2.05) is 6.07 Å². The van der Waals surface area contributed by atoms with Crippen molar-refractivity contribution in [2.75, 3.05) is 6.54 Å². The molecule has 5 nitrogen and oxygen atoms in total. The molecule has 0 aliphatic heterocycles. The summed E-state index contributed by atoms with van der Waals surface area (Å²) in [6.07, 6.45) is -1.12. The largest absolute Gasteiger partial charge is 0.573 e. The van der Waals surface area contributed by atoms with Crippen LogP contribution in [-0.4, -0.2) is 23.8 Å². The Labute approximate surface area is 143 Å². The van der Waals surface area contributed by atoms with Gasteiger partial charge in [-0.15, -0.1) is 13.2 Å². The Morgan fingerprint density at radius 2 is 1.92 bits per heavy atom. The fourth-order valence-corrected chi connectivity index (χ4v) is 2.08. The number of ether oxygens (including phenoxy) is 1. The van der Waals surface area contributed by atoms with E-state index in [4.69, 9.17) is 0 Å². The minimum Gasteiger partial charge on any atom is -0.406 e. The highest BCUT2D eigenvalue weighted by Crippen LogP contribution is 2.23. The molecule has 0 unspecified atom stereocenters. The molecule has 0 atom stereocenters. The first-order valence-electron chi connectivity index (χ1n) is 7.63. The molecule has 0 spiro atoms. The number of alkyl halides is 3. The van der Waals surface area contributed by atoms with Crippen molar-refractivity contribution >= 4 is 5.91 Å². The Morgan fingerprint density at radius 1 is 1.12 bits per heavy atom. The fraction of sp³-hybridized carbons (Fsp3) is 0.294. The molecule has 2 aromatic rings. The zero-order valence-electron chi connectivity index (χ0n) is 13.3. The maximum absolute atomic E-state index is 12.2. The molecule has 0 bridgehead atoms. The van der Waals surface area contributed by atoms with E-state index in [0.717, 1.165) is 5.56 Å². The van der Waals surface area contributed by atoms with E-state index in [1.165, 1.54) is 18.2 Å². The van der Waals surface area contributed by atoms with E-state index >= 15 is 0 Å². The lowest BCUT2D eigenvalue weighted by Crippen LogP contribution is -2.27. The zero-order chi connectivity index (χ0) is 18.1. The van der Waals surface area contributed by atoms with Crippen molar-refractivity contribution in [1.82, 2.24) is 15.6 Å². The lowest BCUT2D eigenvalue weighted by Gasteiger charge is -2.10. The second-order valence-electron chi connectivity index (χ2n) is 5.26. The van der Waals surface area contributed by atoms with Gasteiger partial charge < -0.3 is 15.4 Å². The first-order valence-corrected chi connectivity index (χ1v) is 7.63. The van der Waals surface area contributed by atoms with Crippen LogP contribution in [0.5, 0.6) is 5.75 Å². The van der Waals surface area contributed by atoms with Gasteiger partial charge in [-0.2, -0.15) is 0 Å². The molecule has 2 N–H and O–H groups in total. The topological polar surface area (TPSA) is 63.2 Å². The summed E-state index contributed by atoms with van der Waals surface area (Å²) in [5.74, 6) is -0.383. The summed E-state index contributed by atoms with van der Waals surface area (Å²) in [4.78, 5) is 15.7. The average Bonchev–Trinajstić information content (AvgIpc) is 2.57. The molecule has 1 aromatic carbocycles. The first kappa shape index (κ1) is 18.7. The molecule has 25 heavy (non-hydrogen) atoms. The van der Waals surface area contributed by atoms with Crippen LogP contribution >= 0.6 is 0 Å². The number of amides is 1. The van der Waals surface area contributed by atoms with Crippen LogP contribution in [0, 0.1) is 0 Å². The van der Waals surface area contributed by atoms with Crippen LogP contribution in [0.2, 0.25) is 0 Å². The van der Waals surface area contributed by atoms with E-state index in [0.29, 0.717) is 25.2 Å². The van der Waals surface area contributed by atoms with E-state index in [2.05, 4.69) is 20.4 Å². The normalized spacial score (nSPS) is 11.2. The van der Waals surface area contributed by atoms with Crippen LogP contribution in [-0.2, 0) is 17.9 Å². The summed E-state index contributed by atoms with van der Waals surface area (Å²) in [7, 11) is 0. The number of pyridine rings is 1. The predicted molar refractivity (Wildman–Crippen MR) is 85.5 cm³/mol. The molecule has 0 saturated heterocycles. The van der Waals surface area contributed by atoms with Crippen LogP contribution < -0.4 is 15.4 Å². The van der Waals surface area contributed by atoms with E-state index in [1.54, 1.807) is 24.5 Å². The summed E-state index contributed by atoms with van der Waals surface area (Å²) >= 11 is 0. The number of nitrogens with zero attached hydrogens (tertiary/aromatic N) is 1. The molecule has 1 heterocycles. The summed E-state index contributed by atoms with van der Waals surface area (Å²) in [6.45, 7) is 1.15. The maximum atomic E-state index is 12.2. The summed E-state index contributed by atoms with van der Waals surface area (Å²) < 4.78 is 40.4. The highest BCUT2D eigenvalue weighted by molar-refractivity contribution is 5.76. The van der Waals surface area contributed by atoms with Crippen LogP contribution in [0.3, 0.4) is 0 Å². The van der Waals surface area contributed by atoms with Gasteiger partial charge in [0.1, 0.15) is 5.75 Å². The van der Waals surface area contributed by atoms with Crippen molar-refractivity contribution < 1.29 is 22.7 Å². The van der Waals surface area contributed by atoms with Gasteiger partial charge in [-0.3, -0.25) is 9.78 Å². The second-order valence-corrected chi connectivity index (χ2v) is 5.26. The molecular weight excluding hydrogens is 335 g/mol. The quantitative estimate of drug-likeness (QED) is 0.717. The molecular formula is C17H18F3N3O2. The number of benzene rings is 1. The van der Waals surface area contributed by atoms with Gasteiger partial charge in [-0.1, -0.05) is 18.2 Å². The Balaban J connectivity index is 1.67. The number of carbonyl (C=O) groups excluding carboxylic acids is 1. The first-order chi connectivity index (χ1) is 11.9. The summed E-state index contributed by atoms with van der Waals surface area (Å²) in [5.41, 5.74) is 1.54. The predicted octanol–water partition coefficient (Wildman–Crippen LogP) is 2.78. The maximum Gasteiger partial charge on any atom is 0.573 e. The zero-order valence-corrected chi connectivity index (χ0v) is 13.3. The molecule has 1 amide bonds. The average molecular weight is 353 g/mol. The highest BCUT2D eigenvalue weighted by Gasteiger charge is 2.31. The van der Waals surface area contributed by atoms with Gasteiger partial charge >= 0.3 is 6.36 Å². The molecule has 0 saturated carbocycles. The van der Waals surface area contributed by atoms with Gasteiger partial charge in [0.15, 0.2) is 0 Å². The number of rotatable bonds is 8. The Morgan fingerprint density at radius 3 is 2.64 bits per heavy atom. The third-order valence-corrected chi connectivity index (χ3v) is 3.20. The summed E-state index contributed by atoms with van der Waals surface area (Å²) in [5, 5.41) is 5.78. The van der Waals surface area contributed by atoms with Crippen LogP contribution in [0.4, 0.5) is 13.2 Å². The van der Waals surface area contributed by atoms with Crippen LogP contribution in [0.15, 0.2) is 48.8 Å². The third-order valence-electron chi connectivity index (χ3n) is 3.20. The molecule has 0 radical (unpaired) electrons. The van der Waals surface area contributed by atoms with Crippen molar-refractivity contribution in [2.45, 2.75) is 25.9 Å². The van der Waals surface area contributed by atoms with E-state index in [-0.39, 0.29) is 18.1 Å². The van der Waals surface area contributed by atoms with E-state index < -0.39 is 6.36 Å². The number of carbonyl (C=O) groups is 1. The molecule has 134 valence electrons. The molecule has 8 heteroatoms. The van der Waals surface area contributed by atoms with Gasteiger partial charge in [0.05, 0.1) is 0 Å². The molecule has 0 aliphatic rings. The van der Waals surface area contributed by atoms with Gasteiger partial charge in [-0.05, 0) is 29.3 Å². The SMILES string of the molecule is O=C(CCNCc1cccc(OC(F)(F)F)c1)NCc1cccnc1. The van der Waals surface area contributed by atoms with Crippen LogP contribution in [0.1, 0.15) is 17.5 Å². The molecule has 1 aromatic heterocycles. The lowest BCUT2D eigenvalue weighted by atomic mass is 10.2. The van der Waals surface area contributed by atoms with Gasteiger partial charge in [0, 0.05) is 38.4 Å². The third kappa shape index (κ3) is 7.67. The molecule has 2 rings (SSSR count). The smallest absolute Gasteiger partial charge is 0.406 e. The van der Waals surface area contributed by atoms with Gasteiger partial charge in [0.25, 0.3) is 0 Å². The minimum absolute atomic E-state index is 0.120. The van der Waals surface area contributed by atoms with Crippen molar-refractivity contribution in [1.29, 1.82) is 0 Å². The Kier molecular flexibility index (Phi) is 6.76. The van der Waals surface area contributed by atoms with Crippen molar-refractivity contribution in [3.8, 4) is 5.75 Å². The van der Waals surface area contributed by atoms with Crippen molar-refractivity contribution in [3.05, 3.63) is 59.9 Å². The number of hydrogen-bond donors (Lipinski definition) is 2. The molecule has 0 aliphatic carbocycles.